The normalized spacial score (nSPS) is 22.3. The second kappa shape index (κ2) is 11.5. The van der Waals surface area contributed by atoms with Crippen molar-refractivity contribution in [2.24, 2.45) is 5.92 Å². The van der Waals surface area contributed by atoms with Crippen LogP contribution in [0.15, 0.2) is 60.0 Å². The third-order valence-electron chi connectivity index (χ3n) is 5.68. The maximum atomic E-state index is 11.8. The second-order valence-corrected chi connectivity index (χ2v) is 9.04. The number of hydrogen-bond donors (Lipinski definition) is 4. The van der Waals surface area contributed by atoms with Crippen molar-refractivity contribution < 1.29 is 19.4 Å². The molecular formula is C24H29N5O4S. The van der Waals surface area contributed by atoms with Crippen LogP contribution in [0, 0.1) is 5.92 Å². The fraction of sp³-hybridized carbons (Fsp3) is 0.375. The number of hydrogen-bond acceptors (Lipinski definition) is 7. The molecule has 0 saturated carbocycles. The first-order chi connectivity index (χ1) is 16.6. The number of nitrogens with zero attached hydrogens (tertiary/aromatic N) is 2. The molecule has 1 aliphatic rings. The summed E-state index contributed by atoms with van der Waals surface area (Å²) in [6, 6.07) is 15.0. The first kappa shape index (κ1) is 24.2. The molecule has 1 saturated heterocycles. The summed E-state index contributed by atoms with van der Waals surface area (Å²) in [5, 5.41) is 22.4. The van der Waals surface area contributed by atoms with Crippen LogP contribution in [0.3, 0.4) is 0 Å². The number of ether oxygens (including phenoxy) is 2. The number of benzene rings is 2. The summed E-state index contributed by atoms with van der Waals surface area (Å²) in [6.07, 6.45) is 0.614. The van der Waals surface area contributed by atoms with Gasteiger partial charge in [-0.3, -0.25) is 5.10 Å². The highest BCUT2D eigenvalue weighted by atomic mass is 32.2. The first-order valence-electron chi connectivity index (χ1n) is 11.2. The Morgan fingerprint density at radius 3 is 2.50 bits per heavy atom. The molecule has 0 aliphatic carbocycles. The number of amides is 2. The molecule has 9 nitrogen and oxygen atoms in total. The lowest BCUT2D eigenvalue weighted by Crippen LogP contribution is -2.38. The third-order valence-corrected chi connectivity index (χ3v) is 6.64. The largest absolute Gasteiger partial charge is 0.392 e. The number of aliphatic hydroxyl groups excluding tert-OH is 1. The molecule has 0 bridgehead atoms. The molecule has 4 N–H and O–H groups in total. The van der Waals surface area contributed by atoms with Crippen LogP contribution in [0.1, 0.15) is 42.9 Å². The predicted molar refractivity (Wildman–Crippen MR) is 129 cm³/mol. The van der Waals surface area contributed by atoms with E-state index in [1.807, 2.05) is 55.5 Å². The maximum Gasteiger partial charge on any atom is 0.319 e. The van der Waals surface area contributed by atoms with Gasteiger partial charge in [0.1, 0.15) is 6.33 Å². The predicted octanol–water partition coefficient (Wildman–Crippen LogP) is 4.02. The fourth-order valence-electron chi connectivity index (χ4n) is 3.79. The molecule has 180 valence electrons. The van der Waals surface area contributed by atoms with E-state index in [9.17, 15) is 9.90 Å². The molecule has 0 spiro atoms. The highest BCUT2D eigenvalue weighted by Gasteiger charge is 2.38. The Balaban J connectivity index is 1.53. The van der Waals surface area contributed by atoms with Crippen LogP contribution < -0.4 is 10.6 Å². The van der Waals surface area contributed by atoms with Crippen LogP contribution in [0.2, 0.25) is 0 Å². The second-order valence-electron chi connectivity index (χ2n) is 8.03. The van der Waals surface area contributed by atoms with Crippen molar-refractivity contribution in [3.8, 4) is 0 Å². The number of nitrogens with one attached hydrogen (secondary N) is 3. The molecule has 4 atom stereocenters. The van der Waals surface area contributed by atoms with Crippen molar-refractivity contribution in [1.82, 2.24) is 20.5 Å². The summed E-state index contributed by atoms with van der Waals surface area (Å²) in [7, 11) is 0. The van der Waals surface area contributed by atoms with E-state index in [4.69, 9.17) is 9.47 Å². The molecule has 10 heteroatoms. The third kappa shape index (κ3) is 5.95. The van der Waals surface area contributed by atoms with E-state index in [1.54, 1.807) is 11.8 Å². The van der Waals surface area contributed by atoms with Gasteiger partial charge in [0.25, 0.3) is 0 Å². The summed E-state index contributed by atoms with van der Waals surface area (Å²) in [4.78, 5) is 16.0. The van der Waals surface area contributed by atoms with Crippen LogP contribution in [-0.2, 0) is 16.1 Å². The number of carbonyl (C=O) groups excluding carboxylic acids is 1. The number of rotatable bonds is 8. The van der Waals surface area contributed by atoms with Crippen LogP contribution in [0.25, 0.3) is 0 Å². The average molecular weight is 484 g/mol. The smallest absolute Gasteiger partial charge is 0.319 e. The van der Waals surface area contributed by atoms with Gasteiger partial charge in [0.2, 0.25) is 0 Å². The van der Waals surface area contributed by atoms with Gasteiger partial charge in [0.15, 0.2) is 11.4 Å². The molecule has 2 heterocycles. The lowest BCUT2D eigenvalue weighted by Gasteiger charge is -2.41. The Kier molecular flexibility index (Phi) is 8.17. The molecule has 2 aromatic carbocycles. The Morgan fingerprint density at radius 1 is 1.12 bits per heavy atom. The standard InChI is InChI=1S/C24H29N5O4S/c1-3-25-23(31)28-19-10-8-18(9-11-19)22-32-20(13-34-24-26-14-27-29-24)15(2)21(33-22)17-6-4-16(12-30)5-7-17/h4-11,14-15,20-22,30H,3,12-13H2,1-2H3,(H2,25,28,31)(H,26,27,29)/t15-,20+,21+,22+/m1/s1. The van der Waals surface area contributed by atoms with Crippen LogP contribution in [0.5, 0.6) is 0 Å². The summed E-state index contributed by atoms with van der Waals surface area (Å²) in [5.41, 5.74) is 3.43. The topological polar surface area (TPSA) is 121 Å². The van der Waals surface area contributed by atoms with Gasteiger partial charge in [0.05, 0.1) is 18.8 Å². The summed E-state index contributed by atoms with van der Waals surface area (Å²) >= 11 is 1.55. The van der Waals surface area contributed by atoms with E-state index in [0.29, 0.717) is 18.0 Å². The van der Waals surface area contributed by atoms with E-state index in [2.05, 4.69) is 32.7 Å². The lowest BCUT2D eigenvalue weighted by atomic mass is 9.91. The number of aromatic nitrogens is 3. The zero-order chi connectivity index (χ0) is 23.9. The summed E-state index contributed by atoms with van der Waals surface area (Å²) in [5.74, 6) is 0.753. The molecule has 3 aromatic rings. The van der Waals surface area contributed by atoms with Gasteiger partial charge in [-0.05, 0) is 30.2 Å². The van der Waals surface area contributed by atoms with E-state index in [0.717, 1.165) is 21.8 Å². The number of aromatic amines is 1. The lowest BCUT2D eigenvalue weighted by molar-refractivity contribution is -0.268. The SMILES string of the molecule is CCNC(=O)Nc1ccc([C@H]2O[C@@H](CSc3ncn[nH]3)[C@@H](C)[C@@H](c3ccc(CO)cc3)O2)cc1. The van der Waals surface area contributed by atoms with Gasteiger partial charge >= 0.3 is 6.03 Å². The first-order valence-corrected chi connectivity index (χ1v) is 12.2. The van der Waals surface area contributed by atoms with Crippen molar-refractivity contribution >= 4 is 23.5 Å². The Morgan fingerprint density at radius 2 is 1.85 bits per heavy atom. The molecule has 1 aromatic heterocycles. The quantitative estimate of drug-likeness (QED) is 0.357. The van der Waals surface area contributed by atoms with Crippen LogP contribution >= 0.6 is 11.8 Å². The van der Waals surface area contributed by atoms with E-state index >= 15 is 0 Å². The number of anilines is 1. The highest BCUT2D eigenvalue weighted by molar-refractivity contribution is 7.99. The molecule has 0 radical (unpaired) electrons. The van der Waals surface area contributed by atoms with E-state index in [1.165, 1.54) is 6.33 Å². The fourth-order valence-corrected chi connectivity index (χ4v) is 4.74. The van der Waals surface area contributed by atoms with Crippen molar-refractivity contribution in [3.63, 3.8) is 0 Å². The zero-order valence-corrected chi connectivity index (χ0v) is 19.9. The minimum absolute atomic E-state index is 0.000203. The van der Waals surface area contributed by atoms with Crippen molar-refractivity contribution in [2.45, 2.75) is 44.1 Å². The highest BCUT2D eigenvalue weighted by Crippen LogP contribution is 2.42. The zero-order valence-electron chi connectivity index (χ0n) is 19.1. The number of carbonyl (C=O) groups is 1. The van der Waals surface area contributed by atoms with Crippen molar-refractivity contribution in [1.29, 1.82) is 0 Å². The molecule has 4 rings (SSSR count). The van der Waals surface area contributed by atoms with Gasteiger partial charge in [0, 0.05) is 29.5 Å². The number of aliphatic hydroxyl groups is 1. The molecule has 34 heavy (non-hydrogen) atoms. The molecule has 0 unspecified atom stereocenters. The average Bonchev–Trinajstić information content (AvgIpc) is 3.38. The monoisotopic (exact) mass is 483 g/mol. The van der Waals surface area contributed by atoms with E-state index in [-0.39, 0.29) is 30.8 Å². The minimum Gasteiger partial charge on any atom is -0.392 e. The van der Waals surface area contributed by atoms with Crippen molar-refractivity contribution in [2.75, 3.05) is 17.6 Å². The molecular weight excluding hydrogens is 454 g/mol. The van der Waals surface area contributed by atoms with Crippen LogP contribution in [0.4, 0.5) is 10.5 Å². The van der Waals surface area contributed by atoms with Gasteiger partial charge < -0.3 is 25.2 Å². The van der Waals surface area contributed by atoms with Gasteiger partial charge in [-0.25, -0.2) is 9.78 Å². The van der Waals surface area contributed by atoms with Gasteiger partial charge in [-0.2, -0.15) is 5.10 Å². The number of thioether (sulfide) groups is 1. The maximum absolute atomic E-state index is 11.8. The Hall–Kier alpha value is -2.92. The summed E-state index contributed by atoms with van der Waals surface area (Å²) < 4.78 is 12.8. The minimum atomic E-state index is -0.572. The van der Waals surface area contributed by atoms with E-state index < -0.39 is 6.29 Å². The molecule has 1 aliphatic heterocycles. The molecule has 1 fully saturated rings. The van der Waals surface area contributed by atoms with Crippen LogP contribution in [-0.4, -0.2) is 44.7 Å². The van der Waals surface area contributed by atoms with Crippen molar-refractivity contribution in [3.05, 3.63) is 71.5 Å². The Bertz CT molecular complexity index is 1050. The Labute approximate surface area is 202 Å². The van der Waals surface area contributed by atoms with Gasteiger partial charge in [-0.15, -0.1) is 0 Å². The van der Waals surface area contributed by atoms with Gasteiger partial charge in [-0.1, -0.05) is 55.1 Å². The molecule has 2 amide bonds. The number of H-pyrrole nitrogens is 1. The number of urea groups is 1. The summed E-state index contributed by atoms with van der Waals surface area (Å²) in [6.45, 7) is 4.54.